The summed E-state index contributed by atoms with van der Waals surface area (Å²) < 4.78 is 0. The van der Waals surface area contributed by atoms with Gasteiger partial charge in [-0.05, 0) is 37.0 Å². The number of carboxylic acids is 1. The van der Waals surface area contributed by atoms with Gasteiger partial charge in [0.1, 0.15) is 0 Å². The lowest BCUT2D eigenvalue weighted by Crippen LogP contribution is -1.93. The zero-order chi connectivity index (χ0) is 10.9. The first kappa shape index (κ1) is 14.9. The van der Waals surface area contributed by atoms with Crippen LogP contribution in [0.3, 0.4) is 0 Å². The number of halogens is 1. The molecule has 0 aliphatic rings. The maximum atomic E-state index is 10.2. The number of aromatic nitrogens is 1. The van der Waals surface area contributed by atoms with Gasteiger partial charge in [-0.2, -0.15) is 0 Å². The first-order valence-electron chi connectivity index (χ1n) is 5.40. The van der Waals surface area contributed by atoms with E-state index in [1.807, 2.05) is 12.1 Å². The summed E-state index contributed by atoms with van der Waals surface area (Å²) in [5, 5.41) is 8.44. The van der Waals surface area contributed by atoms with E-state index in [0.29, 0.717) is 6.42 Å². The Morgan fingerprint density at radius 1 is 1.12 bits per heavy atom. The molecule has 0 unspecified atom stereocenters. The molecule has 1 heterocycles. The van der Waals surface area contributed by atoms with E-state index >= 15 is 0 Å². The van der Waals surface area contributed by atoms with Crippen molar-refractivity contribution in [3.8, 4) is 0 Å². The van der Waals surface area contributed by atoms with Gasteiger partial charge >= 0.3 is 5.97 Å². The second kappa shape index (κ2) is 9.16. The first-order valence-corrected chi connectivity index (χ1v) is 5.40. The molecule has 0 aromatic carbocycles. The molecule has 0 aliphatic carbocycles. The van der Waals surface area contributed by atoms with E-state index in [2.05, 4.69) is 4.98 Å². The predicted octanol–water partition coefficient (Wildman–Crippen LogP) is 3.08. The number of unbranched alkanes of at least 4 members (excludes halogenated alkanes) is 3. The van der Waals surface area contributed by atoms with Gasteiger partial charge in [-0.25, -0.2) is 0 Å². The second-order valence-electron chi connectivity index (χ2n) is 3.66. The van der Waals surface area contributed by atoms with E-state index in [1.165, 1.54) is 5.56 Å². The number of nitrogens with zero attached hydrogens (tertiary/aromatic N) is 1. The Bertz CT molecular complexity index is 290. The van der Waals surface area contributed by atoms with E-state index in [9.17, 15) is 4.79 Å². The van der Waals surface area contributed by atoms with Crippen molar-refractivity contribution in [1.82, 2.24) is 4.98 Å². The lowest BCUT2D eigenvalue weighted by atomic mass is 10.1. The molecule has 0 saturated heterocycles. The van der Waals surface area contributed by atoms with E-state index < -0.39 is 5.97 Å². The molecular formula is C12H18ClNO2. The quantitative estimate of drug-likeness (QED) is 0.749. The largest absolute Gasteiger partial charge is 0.481 e. The Labute approximate surface area is 102 Å². The van der Waals surface area contributed by atoms with Crippen LogP contribution in [0.2, 0.25) is 0 Å². The minimum Gasteiger partial charge on any atom is -0.481 e. The lowest BCUT2D eigenvalue weighted by molar-refractivity contribution is -0.137. The number of aryl methyl sites for hydroxylation is 1. The van der Waals surface area contributed by atoms with Crippen molar-refractivity contribution in [2.75, 3.05) is 0 Å². The minimum atomic E-state index is -0.691. The zero-order valence-electron chi connectivity index (χ0n) is 9.26. The van der Waals surface area contributed by atoms with Crippen LogP contribution in [-0.2, 0) is 11.2 Å². The average Bonchev–Trinajstić information content (AvgIpc) is 2.24. The normalized spacial score (nSPS) is 9.50. The average molecular weight is 244 g/mol. The van der Waals surface area contributed by atoms with Crippen LogP contribution in [0, 0.1) is 0 Å². The number of hydrogen-bond donors (Lipinski definition) is 1. The van der Waals surface area contributed by atoms with Crippen molar-refractivity contribution in [3.05, 3.63) is 30.1 Å². The first-order chi connectivity index (χ1) is 7.29. The zero-order valence-corrected chi connectivity index (χ0v) is 10.1. The van der Waals surface area contributed by atoms with Crippen molar-refractivity contribution in [3.63, 3.8) is 0 Å². The van der Waals surface area contributed by atoms with E-state index in [0.717, 1.165) is 32.1 Å². The van der Waals surface area contributed by atoms with Gasteiger partial charge in [0, 0.05) is 18.8 Å². The van der Waals surface area contributed by atoms with Crippen LogP contribution in [0.1, 0.15) is 37.7 Å². The third-order valence-electron chi connectivity index (χ3n) is 2.36. The third kappa shape index (κ3) is 7.23. The highest BCUT2D eigenvalue weighted by Crippen LogP contribution is 2.07. The molecule has 0 bridgehead atoms. The van der Waals surface area contributed by atoms with Gasteiger partial charge in [0.05, 0.1) is 0 Å². The standard InChI is InChI=1S/C12H17NO2.ClH/c14-12(15)6-4-2-1-3-5-11-7-9-13-10-8-11;/h7-10H,1-6H2,(H,14,15);1H. The molecule has 1 rings (SSSR count). The van der Waals surface area contributed by atoms with Gasteiger partial charge in [-0.1, -0.05) is 12.8 Å². The Morgan fingerprint density at radius 3 is 2.38 bits per heavy atom. The molecule has 16 heavy (non-hydrogen) atoms. The molecule has 0 amide bonds. The molecular weight excluding hydrogens is 226 g/mol. The van der Waals surface area contributed by atoms with E-state index in [-0.39, 0.29) is 12.4 Å². The Kier molecular flexibility index (Phi) is 8.53. The summed E-state index contributed by atoms with van der Waals surface area (Å²) in [5.74, 6) is -0.691. The molecule has 1 N–H and O–H groups in total. The van der Waals surface area contributed by atoms with Crippen molar-refractivity contribution < 1.29 is 9.90 Å². The number of rotatable bonds is 7. The van der Waals surface area contributed by atoms with Crippen molar-refractivity contribution >= 4 is 18.4 Å². The van der Waals surface area contributed by atoms with Gasteiger partial charge in [-0.3, -0.25) is 9.78 Å². The maximum absolute atomic E-state index is 10.2. The molecule has 0 aliphatic heterocycles. The van der Waals surface area contributed by atoms with Gasteiger partial charge < -0.3 is 5.11 Å². The molecule has 3 nitrogen and oxygen atoms in total. The summed E-state index contributed by atoms with van der Waals surface area (Å²) in [7, 11) is 0. The molecule has 0 radical (unpaired) electrons. The Balaban J connectivity index is 0.00000225. The van der Waals surface area contributed by atoms with Gasteiger partial charge in [-0.15, -0.1) is 12.4 Å². The van der Waals surface area contributed by atoms with Crippen LogP contribution in [-0.4, -0.2) is 16.1 Å². The second-order valence-corrected chi connectivity index (χ2v) is 3.66. The number of aliphatic carboxylic acids is 1. The van der Waals surface area contributed by atoms with E-state index in [4.69, 9.17) is 5.11 Å². The van der Waals surface area contributed by atoms with Crippen LogP contribution in [0.15, 0.2) is 24.5 Å². The van der Waals surface area contributed by atoms with E-state index in [1.54, 1.807) is 12.4 Å². The Hall–Kier alpha value is -1.09. The SMILES string of the molecule is Cl.O=C(O)CCCCCCc1ccncc1. The fourth-order valence-electron chi connectivity index (χ4n) is 1.51. The monoisotopic (exact) mass is 243 g/mol. The molecule has 0 fully saturated rings. The molecule has 1 aromatic heterocycles. The molecule has 90 valence electrons. The number of carbonyl (C=O) groups is 1. The summed E-state index contributed by atoms with van der Waals surface area (Å²) >= 11 is 0. The van der Waals surface area contributed by atoms with Gasteiger partial charge in [0.15, 0.2) is 0 Å². The third-order valence-corrected chi connectivity index (χ3v) is 2.36. The molecule has 0 saturated carbocycles. The van der Waals surface area contributed by atoms with Crippen molar-refractivity contribution in [2.24, 2.45) is 0 Å². The number of hydrogen-bond acceptors (Lipinski definition) is 2. The molecule has 0 spiro atoms. The molecule has 4 heteroatoms. The van der Waals surface area contributed by atoms with Crippen LogP contribution in [0.5, 0.6) is 0 Å². The lowest BCUT2D eigenvalue weighted by Gasteiger charge is -2.00. The molecule has 0 atom stereocenters. The summed E-state index contributed by atoms with van der Waals surface area (Å²) in [4.78, 5) is 14.2. The number of carboxylic acid groups (broad SMARTS) is 1. The van der Waals surface area contributed by atoms with Gasteiger partial charge in [0.2, 0.25) is 0 Å². The van der Waals surface area contributed by atoms with Crippen LogP contribution in [0.25, 0.3) is 0 Å². The summed E-state index contributed by atoms with van der Waals surface area (Å²) in [6.45, 7) is 0. The topological polar surface area (TPSA) is 50.2 Å². The smallest absolute Gasteiger partial charge is 0.303 e. The highest BCUT2D eigenvalue weighted by atomic mass is 35.5. The predicted molar refractivity (Wildman–Crippen MR) is 65.9 cm³/mol. The van der Waals surface area contributed by atoms with Crippen LogP contribution < -0.4 is 0 Å². The highest BCUT2D eigenvalue weighted by Gasteiger charge is 1.97. The Morgan fingerprint density at radius 2 is 1.75 bits per heavy atom. The molecule has 1 aromatic rings. The maximum Gasteiger partial charge on any atom is 0.303 e. The fourth-order valence-corrected chi connectivity index (χ4v) is 1.51. The van der Waals surface area contributed by atoms with Crippen molar-refractivity contribution in [1.29, 1.82) is 0 Å². The summed E-state index contributed by atoms with van der Waals surface area (Å²) in [6.07, 6.45) is 9.02. The van der Waals surface area contributed by atoms with Crippen LogP contribution >= 0.6 is 12.4 Å². The van der Waals surface area contributed by atoms with Crippen molar-refractivity contribution in [2.45, 2.75) is 38.5 Å². The van der Waals surface area contributed by atoms with Gasteiger partial charge in [0.25, 0.3) is 0 Å². The van der Waals surface area contributed by atoms with Crippen LogP contribution in [0.4, 0.5) is 0 Å². The fraction of sp³-hybridized carbons (Fsp3) is 0.500. The number of pyridine rings is 1. The minimum absolute atomic E-state index is 0. The summed E-state index contributed by atoms with van der Waals surface area (Å²) in [5.41, 5.74) is 1.31. The highest BCUT2D eigenvalue weighted by molar-refractivity contribution is 5.85. The summed E-state index contributed by atoms with van der Waals surface area (Å²) in [6, 6.07) is 4.05.